The van der Waals surface area contributed by atoms with Gasteiger partial charge in [0.1, 0.15) is 0 Å². The lowest BCUT2D eigenvalue weighted by Gasteiger charge is -2.54. The third kappa shape index (κ3) is 6.46. The van der Waals surface area contributed by atoms with Crippen LogP contribution in [0, 0.1) is 16.0 Å². The van der Waals surface area contributed by atoms with Gasteiger partial charge in [0.2, 0.25) is 0 Å². The standard InChI is InChI=1S/C34H38N2O6.H3N/c1-6-34(3)31(33(38)42-5)30(26-18-13-19-27(22-26)36(39)40)29(32(37)41-4)23(2)35(34)21-20-28(24-14-9-7-10-15-24)25-16-11-8-12-17-25;/h7-19,22,28,30-31H,6,20-21H2,1-5H3;1H3. The molecule has 4 rings (SSSR count). The number of allylic oxidation sites excluding steroid dienone is 1. The zero-order chi connectivity index (χ0) is 30.4. The number of nitro groups is 1. The molecule has 0 saturated heterocycles. The van der Waals surface area contributed by atoms with Crippen molar-refractivity contribution in [2.24, 2.45) is 5.92 Å². The first-order valence-corrected chi connectivity index (χ1v) is 14.2. The van der Waals surface area contributed by atoms with Gasteiger partial charge in [0.25, 0.3) is 5.69 Å². The number of carbonyl (C=O) groups excluding carboxylic acids is 2. The third-order valence-corrected chi connectivity index (χ3v) is 8.79. The first kappa shape index (κ1) is 33.0. The smallest absolute Gasteiger partial charge is 0.336 e. The van der Waals surface area contributed by atoms with E-state index in [4.69, 9.17) is 9.47 Å². The Labute approximate surface area is 253 Å². The van der Waals surface area contributed by atoms with E-state index in [-0.39, 0.29) is 17.8 Å². The molecule has 0 spiro atoms. The Kier molecular flexibility index (Phi) is 10.8. The highest BCUT2D eigenvalue weighted by atomic mass is 16.6. The van der Waals surface area contributed by atoms with E-state index in [9.17, 15) is 19.7 Å². The van der Waals surface area contributed by atoms with Gasteiger partial charge in [-0.05, 0) is 43.4 Å². The number of rotatable bonds is 10. The van der Waals surface area contributed by atoms with E-state index in [0.717, 1.165) is 0 Å². The van der Waals surface area contributed by atoms with Gasteiger partial charge in [-0.15, -0.1) is 0 Å². The number of benzene rings is 3. The predicted molar refractivity (Wildman–Crippen MR) is 166 cm³/mol. The molecule has 0 fully saturated rings. The molecule has 1 heterocycles. The Morgan fingerprint density at radius 3 is 2.02 bits per heavy atom. The van der Waals surface area contributed by atoms with E-state index in [1.165, 1.54) is 37.5 Å². The number of hydrogen-bond acceptors (Lipinski definition) is 8. The summed E-state index contributed by atoms with van der Waals surface area (Å²) in [5, 5.41) is 11.7. The van der Waals surface area contributed by atoms with Gasteiger partial charge in [-0.2, -0.15) is 0 Å². The van der Waals surface area contributed by atoms with Crippen LogP contribution in [0.1, 0.15) is 62.1 Å². The Morgan fingerprint density at radius 1 is 0.953 bits per heavy atom. The number of carbonyl (C=O) groups is 2. The van der Waals surface area contributed by atoms with Gasteiger partial charge in [-0.25, -0.2) is 4.79 Å². The zero-order valence-corrected chi connectivity index (χ0v) is 25.5. The maximum Gasteiger partial charge on any atom is 0.336 e. The molecule has 3 unspecified atom stereocenters. The lowest BCUT2D eigenvalue weighted by atomic mass is 9.65. The van der Waals surface area contributed by atoms with Crippen molar-refractivity contribution in [2.75, 3.05) is 20.8 Å². The zero-order valence-electron chi connectivity index (χ0n) is 25.5. The van der Waals surface area contributed by atoms with Crippen LogP contribution in [0.4, 0.5) is 5.69 Å². The molecule has 0 aliphatic carbocycles. The second-order valence-electron chi connectivity index (χ2n) is 10.8. The maximum absolute atomic E-state index is 13.7. The van der Waals surface area contributed by atoms with Gasteiger partial charge in [0.15, 0.2) is 0 Å². The number of hydrogen-bond donors (Lipinski definition) is 1. The van der Waals surface area contributed by atoms with Crippen LogP contribution in [0.3, 0.4) is 0 Å². The number of esters is 2. The Morgan fingerprint density at radius 2 is 1.53 bits per heavy atom. The first-order valence-electron chi connectivity index (χ1n) is 14.2. The summed E-state index contributed by atoms with van der Waals surface area (Å²) < 4.78 is 10.6. The topological polar surface area (TPSA) is 134 Å². The Hall–Kier alpha value is -4.50. The van der Waals surface area contributed by atoms with Crippen molar-refractivity contribution < 1.29 is 24.0 Å². The molecule has 3 atom stereocenters. The molecule has 0 bridgehead atoms. The van der Waals surface area contributed by atoms with E-state index in [1.54, 1.807) is 12.1 Å². The van der Waals surface area contributed by atoms with Gasteiger partial charge >= 0.3 is 11.9 Å². The average molecular weight is 588 g/mol. The number of nitrogens with zero attached hydrogens (tertiary/aromatic N) is 2. The van der Waals surface area contributed by atoms with Crippen molar-refractivity contribution in [2.45, 2.75) is 51.0 Å². The number of nitro benzene ring substituents is 1. The Bertz CT molecular complexity index is 1420. The maximum atomic E-state index is 13.7. The minimum Gasteiger partial charge on any atom is -0.469 e. The molecule has 3 N–H and O–H groups in total. The van der Waals surface area contributed by atoms with E-state index in [0.29, 0.717) is 36.2 Å². The fourth-order valence-corrected chi connectivity index (χ4v) is 6.53. The van der Waals surface area contributed by atoms with Crippen molar-refractivity contribution in [3.8, 4) is 0 Å². The fourth-order valence-electron chi connectivity index (χ4n) is 6.53. The summed E-state index contributed by atoms with van der Waals surface area (Å²) in [5.74, 6) is -2.63. The van der Waals surface area contributed by atoms with Gasteiger partial charge < -0.3 is 20.5 Å². The Balaban J connectivity index is 0.00000506. The molecule has 1 aliphatic heterocycles. The minimum atomic E-state index is -0.834. The highest BCUT2D eigenvalue weighted by Crippen LogP contribution is 2.51. The van der Waals surface area contributed by atoms with E-state index < -0.39 is 34.2 Å². The summed E-state index contributed by atoms with van der Waals surface area (Å²) in [5.41, 5.74) is 2.93. The van der Waals surface area contributed by atoms with Crippen LogP contribution in [-0.4, -0.2) is 48.1 Å². The van der Waals surface area contributed by atoms with Gasteiger partial charge in [-0.3, -0.25) is 14.9 Å². The van der Waals surface area contributed by atoms with E-state index >= 15 is 0 Å². The lowest BCUT2D eigenvalue weighted by molar-refractivity contribution is -0.384. The van der Waals surface area contributed by atoms with Crippen LogP contribution < -0.4 is 6.15 Å². The number of non-ortho nitro benzene ring substituents is 1. The predicted octanol–water partition coefficient (Wildman–Crippen LogP) is 6.78. The molecule has 1 aliphatic rings. The monoisotopic (exact) mass is 587 g/mol. The highest BCUT2D eigenvalue weighted by molar-refractivity contribution is 5.93. The SMILES string of the molecule is CCC1(C)C(C(=O)OC)C(c2cccc([N+](=O)[O-])c2)C(C(=O)OC)=C(C)N1CCC(c1ccccc1)c1ccccc1.N. The largest absolute Gasteiger partial charge is 0.469 e. The fraction of sp³-hybridized carbons (Fsp3) is 0.353. The molecular weight excluding hydrogens is 546 g/mol. The van der Waals surface area contributed by atoms with Crippen molar-refractivity contribution in [3.63, 3.8) is 0 Å². The molecule has 9 heteroatoms. The quantitative estimate of drug-likeness (QED) is 0.156. The normalized spacial score (nSPS) is 19.9. The molecule has 3 aromatic rings. The van der Waals surface area contributed by atoms with E-state index in [1.807, 2.05) is 57.2 Å². The molecular formula is C34H41N3O6. The molecule has 228 valence electrons. The van der Waals surface area contributed by atoms with Gasteiger partial charge in [0, 0.05) is 36.2 Å². The second kappa shape index (κ2) is 14.1. The highest BCUT2D eigenvalue weighted by Gasteiger charge is 2.54. The summed E-state index contributed by atoms with van der Waals surface area (Å²) in [4.78, 5) is 40.5. The van der Waals surface area contributed by atoms with Crippen molar-refractivity contribution in [1.82, 2.24) is 11.1 Å². The molecule has 0 saturated carbocycles. The second-order valence-corrected chi connectivity index (χ2v) is 10.8. The first-order chi connectivity index (χ1) is 20.2. The molecule has 0 amide bonds. The number of ether oxygens (including phenoxy) is 2. The summed E-state index contributed by atoms with van der Waals surface area (Å²) in [6.07, 6.45) is 1.27. The summed E-state index contributed by atoms with van der Waals surface area (Å²) in [6.45, 7) is 6.44. The van der Waals surface area contributed by atoms with Crippen LogP contribution in [0.2, 0.25) is 0 Å². The summed E-state index contributed by atoms with van der Waals surface area (Å²) >= 11 is 0. The molecule has 9 nitrogen and oxygen atoms in total. The van der Waals surface area contributed by atoms with Gasteiger partial charge in [0.05, 0.1) is 36.2 Å². The van der Waals surface area contributed by atoms with E-state index in [2.05, 4.69) is 29.2 Å². The summed E-state index contributed by atoms with van der Waals surface area (Å²) in [6, 6.07) is 26.7. The molecule has 0 aromatic heterocycles. The minimum absolute atomic E-state index is 0. The van der Waals surface area contributed by atoms with Crippen LogP contribution >= 0.6 is 0 Å². The van der Waals surface area contributed by atoms with Crippen molar-refractivity contribution in [3.05, 3.63) is 123 Å². The van der Waals surface area contributed by atoms with Crippen LogP contribution in [0.5, 0.6) is 0 Å². The molecule has 0 radical (unpaired) electrons. The molecule has 43 heavy (non-hydrogen) atoms. The van der Waals surface area contributed by atoms with Crippen molar-refractivity contribution >= 4 is 17.6 Å². The third-order valence-electron chi connectivity index (χ3n) is 8.79. The van der Waals surface area contributed by atoms with Crippen molar-refractivity contribution in [1.29, 1.82) is 0 Å². The molecule has 3 aromatic carbocycles. The average Bonchev–Trinajstić information content (AvgIpc) is 3.02. The lowest BCUT2D eigenvalue weighted by Crippen LogP contribution is -2.59. The van der Waals surface area contributed by atoms with Crippen LogP contribution in [0.25, 0.3) is 0 Å². The van der Waals surface area contributed by atoms with Crippen LogP contribution in [-0.2, 0) is 19.1 Å². The summed E-state index contributed by atoms with van der Waals surface area (Å²) in [7, 11) is 2.64. The van der Waals surface area contributed by atoms with Crippen LogP contribution in [0.15, 0.2) is 96.2 Å². The van der Waals surface area contributed by atoms with Gasteiger partial charge in [-0.1, -0.05) is 79.7 Å². The number of methoxy groups -OCH3 is 2.